The number of nitro groups is 1. The summed E-state index contributed by atoms with van der Waals surface area (Å²) >= 11 is 15.4. The molecular formula is C14H10BrCl2NO3. The Bertz CT molecular complexity index is 679. The number of halogens is 3. The van der Waals surface area contributed by atoms with Crippen molar-refractivity contribution in [3.05, 3.63) is 67.7 Å². The number of ether oxygens (including phenoxy) is 1. The minimum Gasteiger partial charge on any atom is -0.487 e. The predicted octanol–water partition coefficient (Wildman–Crippen LogP) is 5.38. The van der Waals surface area contributed by atoms with Crippen LogP contribution < -0.4 is 4.74 Å². The van der Waals surface area contributed by atoms with Crippen LogP contribution >= 0.6 is 39.1 Å². The summed E-state index contributed by atoms with van der Waals surface area (Å²) in [6.45, 7) is -0.0244. The molecule has 0 saturated heterocycles. The molecule has 0 saturated carbocycles. The first-order chi connectivity index (χ1) is 10.0. The largest absolute Gasteiger partial charge is 0.487 e. The van der Waals surface area contributed by atoms with Crippen molar-refractivity contribution in [3.8, 4) is 5.75 Å². The summed E-state index contributed by atoms with van der Waals surface area (Å²) in [5.74, 6) is 0.454. The first-order valence-electron chi connectivity index (χ1n) is 5.92. The highest BCUT2D eigenvalue weighted by Gasteiger charge is 2.17. The van der Waals surface area contributed by atoms with Gasteiger partial charge in [0.05, 0.1) is 20.5 Å². The summed E-state index contributed by atoms with van der Waals surface area (Å²) in [4.78, 5) is 10.5. The van der Waals surface area contributed by atoms with Gasteiger partial charge >= 0.3 is 0 Å². The molecule has 0 aliphatic rings. The van der Waals surface area contributed by atoms with Crippen molar-refractivity contribution in [2.45, 2.75) is 11.9 Å². The van der Waals surface area contributed by atoms with Crippen molar-refractivity contribution >= 4 is 44.8 Å². The Labute approximate surface area is 139 Å². The van der Waals surface area contributed by atoms with Crippen molar-refractivity contribution < 1.29 is 9.66 Å². The molecule has 0 atom stereocenters. The quantitative estimate of drug-likeness (QED) is 0.391. The molecule has 0 heterocycles. The standard InChI is InChI=1S/C14H10BrCl2NO3/c15-7-9-4-5-14(12(17)6-9)21-8-10-11(16)2-1-3-13(10)18(19)20/h1-6H,7-8H2. The molecule has 7 heteroatoms. The molecule has 0 radical (unpaired) electrons. The number of hydrogen-bond acceptors (Lipinski definition) is 3. The SMILES string of the molecule is O=[N+]([O-])c1cccc(Cl)c1COc1ccc(CBr)cc1Cl. The van der Waals surface area contributed by atoms with Gasteiger partial charge in [0.2, 0.25) is 0 Å². The van der Waals surface area contributed by atoms with Crippen LogP contribution in [-0.2, 0) is 11.9 Å². The Hall–Kier alpha value is -1.30. The van der Waals surface area contributed by atoms with Crippen LogP contribution in [0.2, 0.25) is 10.0 Å². The van der Waals surface area contributed by atoms with E-state index in [9.17, 15) is 10.1 Å². The minimum absolute atomic E-state index is 0.0244. The van der Waals surface area contributed by atoms with Gasteiger partial charge in [0.15, 0.2) is 0 Å². The highest BCUT2D eigenvalue weighted by molar-refractivity contribution is 9.08. The van der Waals surface area contributed by atoms with Crippen LogP contribution in [0.5, 0.6) is 5.75 Å². The second kappa shape index (κ2) is 7.11. The van der Waals surface area contributed by atoms with E-state index in [2.05, 4.69) is 15.9 Å². The van der Waals surface area contributed by atoms with E-state index in [-0.39, 0.29) is 17.3 Å². The Balaban J connectivity index is 2.22. The molecule has 2 rings (SSSR count). The summed E-state index contributed by atoms with van der Waals surface area (Å²) < 4.78 is 5.56. The van der Waals surface area contributed by atoms with E-state index in [4.69, 9.17) is 27.9 Å². The Kier molecular flexibility index (Phi) is 5.45. The van der Waals surface area contributed by atoms with Crippen LogP contribution in [-0.4, -0.2) is 4.92 Å². The molecule has 0 spiro atoms. The van der Waals surface area contributed by atoms with Gasteiger partial charge in [0.1, 0.15) is 12.4 Å². The fourth-order valence-electron chi connectivity index (χ4n) is 1.76. The third-order valence-corrected chi connectivity index (χ3v) is 4.11. The summed E-state index contributed by atoms with van der Waals surface area (Å²) in [6, 6.07) is 9.86. The smallest absolute Gasteiger partial charge is 0.277 e. The zero-order valence-electron chi connectivity index (χ0n) is 10.7. The van der Waals surface area contributed by atoms with Gasteiger partial charge in [-0.25, -0.2) is 0 Å². The lowest BCUT2D eigenvalue weighted by Gasteiger charge is -2.10. The topological polar surface area (TPSA) is 52.4 Å². The van der Waals surface area contributed by atoms with Crippen LogP contribution in [0.25, 0.3) is 0 Å². The molecule has 0 amide bonds. The van der Waals surface area contributed by atoms with Crippen LogP contribution in [0.4, 0.5) is 5.69 Å². The van der Waals surface area contributed by atoms with E-state index in [1.807, 2.05) is 6.07 Å². The van der Waals surface area contributed by atoms with E-state index < -0.39 is 4.92 Å². The fourth-order valence-corrected chi connectivity index (χ4v) is 2.59. The van der Waals surface area contributed by atoms with Gasteiger partial charge in [-0.3, -0.25) is 10.1 Å². The van der Waals surface area contributed by atoms with Crippen molar-refractivity contribution in [2.24, 2.45) is 0 Å². The van der Waals surface area contributed by atoms with Gasteiger partial charge in [-0.15, -0.1) is 0 Å². The number of hydrogen-bond donors (Lipinski definition) is 0. The van der Waals surface area contributed by atoms with Gasteiger partial charge in [-0.05, 0) is 23.8 Å². The molecule has 21 heavy (non-hydrogen) atoms. The molecule has 0 bridgehead atoms. The molecule has 2 aromatic carbocycles. The third kappa shape index (κ3) is 3.87. The van der Waals surface area contributed by atoms with Crippen LogP contribution in [0.1, 0.15) is 11.1 Å². The molecule has 110 valence electrons. The lowest BCUT2D eigenvalue weighted by atomic mass is 10.2. The van der Waals surface area contributed by atoms with Crippen molar-refractivity contribution in [3.63, 3.8) is 0 Å². The number of nitro benzene ring substituents is 1. The average molecular weight is 391 g/mol. The molecular weight excluding hydrogens is 381 g/mol. The van der Waals surface area contributed by atoms with E-state index >= 15 is 0 Å². The van der Waals surface area contributed by atoms with E-state index in [0.29, 0.717) is 21.7 Å². The second-order valence-electron chi connectivity index (χ2n) is 4.18. The van der Waals surface area contributed by atoms with Crippen LogP contribution in [0.3, 0.4) is 0 Å². The first-order valence-corrected chi connectivity index (χ1v) is 7.79. The number of nitrogens with zero attached hydrogens (tertiary/aromatic N) is 1. The number of alkyl halides is 1. The van der Waals surface area contributed by atoms with E-state index in [1.54, 1.807) is 18.2 Å². The van der Waals surface area contributed by atoms with E-state index in [0.717, 1.165) is 5.56 Å². The number of rotatable bonds is 5. The molecule has 0 N–H and O–H groups in total. The number of benzene rings is 2. The van der Waals surface area contributed by atoms with E-state index in [1.165, 1.54) is 12.1 Å². The maximum absolute atomic E-state index is 11.0. The maximum Gasteiger partial charge on any atom is 0.277 e. The lowest BCUT2D eigenvalue weighted by Crippen LogP contribution is -2.02. The van der Waals surface area contributed by atoms with Crippen LogP contribution in [0.15, 0.2) is 36.4 Å². The fraction of sp³-hybridized carbons (Fsp3) is 0.143. The Morgan fingerprint density at radius 2 is 1.95 bits per heavy atom. The summed E-state index contributed by atoms with van der Waals surface area (Å²) in [5.41, 5.74) is 1.26. The second-order valence-corrected chi connectivity index (χ2v) is 5.56. The third-order valence-electron chi connectivity index (χ3n) is 2.81. The van der Waals surface area contributed by atoms with Gasteiger partial charge in [-0.2, -0.15) is 0 Å². The molecule has 0 fully saturated rings. The van der Waals surface area contributed by atoms with Crippen molar-refractivity contribution in [2.75, 3.05) is 0 Å². The minimum atomic E-state index is -0.486. The normalized spacial score (nSPS) is 10.4. The van der Waals surface area contributed by atoms with Gasteiger partial charge < -0.3 is 4.74 Å². The summed E-state index contributed by atoms with van der Waals surface area (Å²) in [5, 5.41) is 12.4. The van der Waals surface area contributed by atoms with Gasteiger partial charge in [-0.1, -0.05) is 51.3 Å². The van der Waals surface area contributed by atoms with Crippen LogP contribution in [0, 0.1) is 10.1 Å². The molecule has 0 unspecified atom stereocenters. The average Bonchev–Trinajstić information content (AvgIpc) is 2.46. The zero-order valence-corrected chi connectivity index (χ0v) is 13.8. The van der Waals surface area contributed by atoms with Gasteiger partial charge in [0, 0.05) is 11.4 Å². The highest BCUT2D eigenvalue weighted by Crippen LogP contribution is 2.31. The maximum atomic E-state index is 11.0. The highest BCUT2D eigenvalue weighted by atomic mass is 79.9. The van der Waals surface area contributed by atoms with Gasteiger partial charge in [0.25, 0.3) is 5.69 Å². The summed E-state index contributed by atoms with van der Waals surface area (Å²) in [7, 11) is 0. The van der Waals surface area contributed by atoms with Crippen molar-refractivity contribution in [1.82, 2.24) is 0 Å². The molecule has 0 aromatic heterocycles. The Morgan fingerprint density at radius 3 is 2.57 bits per heavy atom. The predicted molar refractivity (Wildman–Crippen MR) is 86.5 cm³/mol. The lowest BCUT2D eigenvalue weighted by molar-refractivity contribution is -0.385. The Morgan fingerprint density at radius 1 is 1.19 bits per heavy atom. The molecule has 0 aliphatic carbocycles. The molecule has 0 aliphatic heterocycles. The monoisotopic (exact) mass is 389 g/mol. The zero-order chi connectivity index (χ0) is 15.4. The molecule has 2 aromatic rings. The van der Waals surface area contributed by atoms with Crippen molar-refractivity contribution in [1.29, 1.82) is 0 Å². The molecule has 4 nitrogen and oxygen atoms in total. The summed E-state index contributed by atoms with van der Waals surface area (Å²) in [6.07, 6.45) is 0. The first kappa shape index (κ1) is 16.1.